The summed E-state index contributed by atoms with van der Waals surface area (Å²) in [5.41, 5.74) is 0. The van der Waals surface area contributed by atoms with Gasteiger partial charge >= 0.3 is 0 Å². The molecule has 8 heteroatoms. The molecule has 0 aromatic rings. The van der Waals surface area contributed by atoms with E-state index in [0.29, 0.717) is 17.3 Å². The molecule has 2 bridgehead atoms. The summed E-state index contributed by atoms with van der Waals surface area (Å²) in [7, 11) is 4.48. The highest BCUT2D eigenvalue weighted by molar-refractivity contribution is 14.1. The van der Waals surface area contributed by atoms with Crippen molar-refractivity contribution in [2.45, 2.75) is 10.5 Å². The van der Waals surface area contributed by atoms with Crippen LogP contribution in [0.15, 0.2) is 0 Å². The Morgan fingerprint density at radius 3 is 1.81 bits per heavy atom. The number of hydrogen-bond donors (Lipinski definition) is 0. The molecule has 0 aromatic heterocycles. The van der Waals surface area contributed by atoms with E-state index in [4.69, 9.17) is 14.2 Å². The lowest BCUT2D eigenvalue weighted by atomic mass is 10.3. The summed E-state index contributed by atoms with van der Waals surface area (Å²) in [6, 6.07) is 0. The van der Waals surface area contributed by atoms with Crippen LogP contribution in [-0.2, 0) is 14.2 Å². The van der Waals surface area contributed by atoms with E-state index in [-0.39, 0.29) is 0 Å². The van der Waals surface area contributed by atoms with E-state index in [9.17, 15) is 0 Å². The van der Waals surface area contributed by atoms with Crippen LogP contribution in [0, 0.1) is 0 Å². The molecule has 0 saturated carbocycles. The van der Waals surface area contributed by atoms with Crippen molar-refractivity contribution in [1.82, 2.24) is 19.6 Å². The molecule has 160 valence electrons. The van der Waals surface area contributed by atoms with E-state index in [0.717, 1.165) is 85.3 Å². The summed E-state index contributed by atoms with van der Waals surface area (Å²) in [5.74, 6) is 0. The predicted octanol–water partition coefficient (Wildman–Crippen LogP) is 0.682. The quantitative estimate of drug-likeness (QED) is 0.211. The Morgan fingerprint density at radius 1 is 0.630 bits per heavy atom. The van der Waals surface area contributed by atoms with Gasteiger partial charge in [0.2, 0.25) is 0 Å². The van der Waals surface area contributed by atoms with Gasteiger partial charge in [-0.15, -0.1) is 0 Å². The van der Waals surface area contributed by atoms with Gasteiger partial charge in [-0.2, -0.15) is 0 Å². The number of alkyl halides is 1. The molecule has 0 amide bonds. The second-order valence-electron chi connectivity index (χ2n) is 7.55. The molecule has 2 rings (SSSR count). The molecular formula is C19H39IN4O3. The molecule has 0 aliphatic carbocycles. The average molecular weight is 498 g/mol. The highest BCUT2D eigenvalue weighted by Gasteiger charge is 2.17. The van der Waals surface area contributed by atoms with Crippen molar-refractivity contribution in [3.05, 3.63) is 0 Å². The van der Waals surface area contributed by atoms with E-state index in [2.05, 4.69) is 56.3 Å². The molecule has 2 fully saturated rings. The fourth-order valence-corrected chi connectivity index (χ4v) is 4.17. The molecule has 0 aromatic carbocycles. The number of likely N-dealkylation sites (N-methyl/N-ethyl adjacent to an activating group) is 2. The van der Waals surface area contributed by atoms with Crippen LogP contribution < -0.4 is 0 Å². The highest BCUT2D eigenvalue weighted by Crippen LogP contribution is 2.10. The van der Waals surface area contributed by atoms with Gasteiger partial charge in [0.1, 0.15) is 0 Å². The molecule has 2 heterocycles. The summed E-state index contributed by atoms with van der Waals surface area (Å²) < 4.78 is 18.0. The first kappa shape index (κ1) is 23.7. The first-order valence-electron chi connectivity index (χ1n) is 10.4. The van der Waals surface area contributed by atoms with Crippen LogP contribution in [0.25, 0.3) is 0 Å². The molecule has 0 N–H and O–H groups in total. The minimum atomic E-state index is 0.502. The number of ether oxygens (including phenoxy) is 3. The summed E-state index contributed by atoms with van der Waals surface area (Å²) in [5, 5.41) is 0. The van der Waals surface area contributed by atoms with Gasteiger partial charge in [-0.3, -0.25) is 14.7 Å². The SMILES string of the molecule is CN1CCCN(C)C(I)CN2CCOCCOCCN(CCOCC2)CC1. The van der Waals surface area contributed by atoms with Crippen LogP contribution >= 0.6 is 22.6 Å². The maximum absolute atomic E-state index is 5.96. The van der Waals surface area contributed by atoms with Crippen molar-refractivity contribution in [2.24, 2.45) is 0 Å². The molecule has 3 unspecified atom stereocenters. The molecule has 2 saturated heterocycles. The lowest BCUT2D eigenvalue weighted by Crippen LogP contribution is -2.43. The first-order valence-corrected chi connectivity index (χ1v) is 11.6. The van der Waals surface area contributed by atoms with Gasteiger partial charge in [-0.25, -0.2) is 0 Å². The smallest absolute Gasteiger partial charge is 0.0745 e. The molecule has 27 heavy (non-hydrogen) atoms. The Morgan fingerprint density at radius 2 is 1.19 bits per heavy atom. The van der Waals surface area contributed by atoms with Gasteiger partial charge < -0.3 is 19.1 Å². The summed E-state index contributed by atoms with van der Waals surface area (Å²) in [6.07, 6.45) is 1.21. The van der Waals surface area contributed by atoms with E-state index in [1.54, 1.807) is 0 Å². The standard InChI is InChI=1S/C19H39IN4O3/c1-21-4-3-5-22(2)19(20)18-24-10-14-25-12-8-23(7-6-21)9-13-26-16-17-27-15-11-24/h19H,3-18H2,1-2H3. The van der Waals surface area contributed by atoms with Crippen LogP contribution in [0.5, 0.6) is 0 Å². The predicted molar refractivity (Wildman–Crippen MR) is 118 cm³/mol. The van der Waals surface area contributed by atoms with Gasteiger partial charge in [0.25, 0.3) is 0 Å². The lowest BCUT2D eigenvalue weighted by molar-refractivity contribution is 0.0313. The Hall–Kier alpha value is 0.450. The molecule has 0 spiro atoms. The number of fused-ring (bicyclic) bond motifs is 6. The normalized spacial score (nSPS) is 33.2. The third-order valence-corrected chi connectivity index (χ3v) is 6.66. The minimum absolute atomic E-state index is 0.502. The van der Waals surface area contributed by atoms with Crippen LogP contribution in [0.2, 0.25) is 0 Å². The number of halogens is 1. The van der Waals surface area contributed by atoms with E-state index >= 15 is 0 Å². The van der Waals surface area contributed by atoms with Crippen molar-refractivity contribution in [3.63, 3.8) is 0 Å². The van der Waals surface area contributed by atoms with Crippen molar-refractivity contribution in [1.29, 1.82) is 0 Å². The monoisotopic (exact) mass is 498 g/mol. The zero-order chi connectivity index (χ0) is 19.3. The van der Waals surface area contributed by atoms with Gasteiger partial charge in [0.05, 0.1) is 43.7 Å². The molecule has 2 aliphatic heterocycles. The summed E-state index contributed by atoms with van der Waals surface area (Å²) in [4.78, 5) is 9.87. The maximum atomic E-state index is 5.96. The van der Waals surface area contributed by atoms with Gasteiger partial charge in [-0.1, -0.05) is 22.6 Å². The van der Waals surface area contributed by atoms with E-state index in [1.165, 1.54) is 6.42 Å². The molecule has 7 nitrogen and oxygen atoms in total. The van der Waals surface area contributed by atoms with Crippen molar-refractivity contribution >= 4 is 22.6 Å². The largest absolute Gasteiger partial charge is 0.379 e. The number of hydrogen-bond acceptors (Lipinski definition) is 7. The third kappa shape index (κ3) is 10.7. The highest BCUT2D eigenvalue weighted by atomic mass is 127. The maximum Gasteiger partial charge on any atom is 0.0745 e. The zero-order valence-corrected chi connectivity index (χ0v) is 19.4. The van der Waals surface area contributed by atoms with Crippen molar-refractivity contribution in [3.8, 4) is 0 Å². The van der Waals surface area contributed by atoms with Gasteiger partial charge in [0, 0.05) is 52.4 Å². The summed E-state index contributed by atoms with van der Waals surface area (Å²) in [6.45, 7) is 13.8. The fourth-order valence-electron chi connectivity index (χ4n) is 3.33. The molecular weight excluding hydrogens is 459 g/mol. The van der Waals surface area contributed by atoms with Crippen molar-refractivity contribution < 1.29 is 14.2 Å². The molecule has 3 atom stereocenters. The fraction of sp³-hybridized carbons (Fsp3) is 1.00. The topological polar surface area (TPSA) is 40.7 Å². The Bertz CT molecular complexity index is 381. The van der Waals surface area contributed by atoms with Crippen LogP contribution in [-0.4, -0.2) is 136 Å². The second kappa shape index (κ2) is 14.4. The van der Waals surface area contributed by atoms with Crippen LogP contribution in [0.1, 0.15) is 6.42 Å². The zero-order valence-electron chi connectivity index (χ0n) is 17.3. The second-order valence-corrected chi connectivity index (χ2v) is 8.99. The molecule has 2 aliphatic rings. The van der Waals surface area contributed by atoms with E-state index < -0.39 is 0 Å². The lowest BCUT2D eigenvalue weighted by Gasteiger charge is -2.31. The minimum Gasteiger partial charge on any atom is -0.379 e. The van der Waals surface area contributed by atoms with Crippen LogP contribution in [0.3, 0.4) is 0 Å². The van der Waals surface area contributed by atoms with Crippen molar-refractivity contribution in [2.75, 3.05) is 113 Å². The Labute approximate surface area is 179 Å². The molecule has 0 radical (unpaired) electrons. The Balaban J connectivity index is 2.00. The number of nitrogens with zero attached hydrogens (tertiary/aromatic N) is 4. The van der Waals surface area contributed by atoms with Gasteiger partial charge in [0.15, 0.2) is 0 Å². The number of rotatable bonds is 0. The van der Waals surface area contributed by atoms with Gasteiger partial charge in [-0.05, 0) is 27.1 Å². The average Bonchev–Trinajstić information content (AvgIpc) is 2.66. The first-order chi connectivity index (χ1) is 13.1. The van der Waals surface area contributed by atoms with E-state index in [1.807, 2.05) is 0 Å². The van der Waals surface area contributed by atoms with Crippen LogP contribution in [0.4, 0.5) is 0 Å². The third-order valence-electron chi connectivity index (χ3n) is 5.32. The Kier molecular flexibility index (Phi) is 12.7. The summed E-state index contributed by atoms with van der Waals surface area (Å²) >= 11 is 2.58.